The number of amides is 1. The van der Waals surface area contributed by atoms with Gasteiger partial charge in [-0.15, -0.1) is 0 Å². The maximum atomic E-state index is 12.6. The molecule has 0 aliphatic heterocycles. The Balaban J connectivity index is 2.08. The van der Waals surface area contributed by atoms with Crippen LogP contribution in [0.4, 0.5) is 5.69 Å². The first-order chi connectivity index (χ1) is 11.1. The van der Waals surface area contributed by atoms with Gasteiger partial charge in [0.2, 0.25) is 0 Å². The molecule has 0 fully saturated rings. The van der Waals surface area contributed by atoms with Gasteiger partial charge in [-0.3, -0.25) is 9.59 Å². The lowest BCUT2D eigenvalue weighted by atomic mass is 10.1. The molecule has 0 aliphatic rings. The van der Waals surface area contributed by atoms with Gasteiger partial charge in [-0.1, -0.05) is 48.5 Å². The summed E-state index contributed by atoms with van der Waals surface area (Å²) in [6, 6.07) is 19.4. The van der Waals surface area contributed by atoms with E-state index in [-0.39, 0.29) is 16.8 Å². The Morgan fingerprint density at radius 3 is 2.22 bits per heavy atom. The molecule has 1 heterocycles. The SMILES string of the molecule is Cc1cc(=O)c(C(=O)Nc2ccccc2)c(-c2ccccc2)o1. The summed E-state index contributed by atoms with van der Waals surface area (Å²) < 4.78 is 5.67. The van der Waals surface area contributed by atoms with Crippen LogP contribution in [0.3, 0.4) is 0 Å². The molecule has 2 aromatic carbocycles. The van der Waals surface area contributed by atoms with Gasteiger partial charge in [0, 0.05) is 17.3 Å². The highest BCUT2D eigenvalue weighted by molar-refractivity contribution is 6.07. The van der Waals surface area contributed by atoms with Crippen molar-refractivity contribution in [2.45, 2.75) is 6.92 Å². The van der Waals surface area contributed by atoms with E-state index < -0.39 is 5.91 Å². The van der Waals surface area contributed by atoms with Gasteiger partial charge in [0.1, 0.15) is 11.3 Å². The predicted octanol–water partition coefficient (Wildman–Crippen LogP) is 3.87. The summed E-state index contributed by atoms with van der Waals surface area (Å²) in [6.45, 7) is 1.69. The number of carbonyl (C=O) groups is 1. The quantitative estimate of drug-likeness (QED) is 0.799. The fourth-order valence-corrected chi connectivity index (χ4v) is 2.33. The molecule has 0 atom stereocenters. The normalized spacial score (nSPS) is 10.3. The third kappa shape index (κ3) is 3.21. The highest BCUT2D eigenvalue weighted by Crippen LogP contribution is 2.23. The smallest absolute Gasteiger partial charge is 0.263 e. The predicted molar refractivity (Wildman–Crippen MR) is 89.5 cm³/mol. The summed E-state index contributed by atoms with van der Waals surface area (Å²) in [4.78, 5) is 24.9. The van der Waals surface area contributed by atoms with Gasteiger partial charge in [-0.05, 0) is 19.1 Å². The molecule has 23 heavy (non-hydrogen) atoms. The van der Waals surface area contributed by atoms with E-state index in [0.717, 1.165) is 0 Å². The van der Waals surface area contributed by atoms with Gasteiger partial charge in [0.25, 0.3) is 5.91 Å². The molecular formula is C19H15NO3. The minimum Gasteiger partial charge on any atom is -0.460 e. The fourth-order valence-electron chi connectivity index (χ4n) is 2.33. The van der Waals surface area contributed by atoms with Crippen LogP contribution in [-0.4, -0.2) is 5.91 Å². The second-order valence-corrected chi connectivity index (χ2v) is 5.11. The minimum atomic E-state index is -0.483. The van der Waals surface area contributed by atoms with Crippen LogP contribution in [0, 0.1) is 6.92 Å². The summed E-state index contributed by atoms with van der Waals surface area (Å²) in [5, 5.41) is 2.73. The number of hydrogen-bond donors (Lipinski definition) is 1. The molecule has 114 valence electrons. The van der Waals surface area contributed by atoms with E-state index in [9.17, 15) is 9.59 Å². The van der Waals surface area contributed by atoms with Crippen LogP contribution in [0.15, 0.2) is 75.9 Å². The molecule has 0 radical (unpaired) electrons. The van der Waals surface area contributed by atoms with E-state index in [1.54, 1.807) is 31.2 Å². The number of benzene rings is 2. The Hall–Kier alpha value is -3.14. The Labute approximate surface area is 133 Å². The molecule has 1 amide bonds. The number of para-hydroxylation sites is 1. The monoisotopic (exact) mass is 305 g/mol. The van der Waals surface area contributed by atoms with Crippen LogP contribution in [0.2, 0.25) is 0 Å². The van der Waals surface area contributed by atoms with Crippen molar-refractivity contribution in [2.24, 2.45) is 0 Å². The highest BCUT2D eigenvalue weighted by atomic mass is 16.3. The molecular weight excluding hydrogens is 290 g/mol. The van der Waals surface area contributed by atoms with Crippen molar-refractivity contribution in [3.05, 3.63) is 88.3 Å². The van der Waals surface area contributed by atoms with Gasteiger partial charge in [0.15, 0.2) is 11.2 Å². The van der Waals surface area contributed by atoms with Crippen molar-refractivity contribution in [1.82, 2.24) is 0 Å². The molecule has 0 unspecified atom stereocenters. The van der Waals surface area contributed by atoms with Crippen molar-refractivity contribution in [1.29, 1.82) is 0 Å². The van der Waals surface area contributed by atoms with Crippen molar-refractivity contribution >= 4 is 11.6 Å². The van der Waals surface area contributed by atoms with E-state index in [1.807, 2.05) is 36.4 Å². The van der Waals surface area contributed by atoms with Crippen LogP contribution >= 0.6 is 0 Å². The number of hydrogen-bond acceptors (Lipinski definition) is 3. The van der Waals surface area contributed by atoms with Crippen molar-refractivity contribution in [2.75, 3.05) is 5.32 Å². The van der Waals surface area contributed by atoms with Crippen LogP contribution in [-0.2, 0) is 0 Å². The first-order valence-corrected chi connectivity index (χ1v) is 7.22. The molecule has 1 aromatic heterocycles. The first-order valence-electron chi connectivity index (χ1n) is 7.22. The van der Waals surface area contributed by atoms with E-state index in [2.05, 4.69) is 5.32 Å². The number of rotatable bonds is 3. The third-order valence-corrected chi connectivity index (χ3v) is 3.37. The van der Waals surface area contributed by atoms with Crippen molar-refractivity contribution in [3.8, 4) is 11.3 Å². The average Bonchev–Trinajstić information content (AvgIpc) is 2.55. The molecule has 0 aliphatic carbocycles. The van der Waals surface area contributed by atoms with Gasteiger partial charge in [-0.2, -0.15) is 0 Å². The maximum absolute atomic E-state index is 12.6. The number of carbonyl (C=O) groups excluding carboxylic acids is 1. The minimum absolute atomic E-state index is 0.00523. The zero-order valence-corrected chi connectivity index (χ0v) is 12.6. The molecule has 0 saturated carbocycles. The summed E-state index contributed by atoms with van der Waals surface area (Å²) in [7, 11) is 0. The summed E-state index contributed by atoms with van der Waals surface area (Å²) in [5.41, 5.74) is 0.953. The number of anilines is 1. The Kier molecular flexibility index (Phi) is 4.06. The van der Waals surface area contributed by atoms with Crippen LogP contribution < -0.4 is 10.7 Å². The van der Waals surface area contributed by atoms with E-state index in [4.69, 9.17) is 4.42 Å². The molecule has 4 heteroatoms. The van der Waals surface area contributed by atoms with Crippen LogP contribution in [0.5, 0.6) is 0 Å². The second-order valence-electron chi connectivity index (χ2n) is 5.11. The van der Waals surface area contributed by atoms with E-state index in [0.29, 0.717) is 17.0 Å². The van der Waals surface area contributed by atoms with Gasteiger partial charge >= 0.3 is 0 Å². The molecule has 1 N–H and O–H groups in total. The molecule has 3 rings (SSSR count). The molecule has 3 aromatic rings. The lowest BCUT2D eigenvalue weighted by Crippen LogP contribution is -2.22. The van der Waals surface area contributed by atoms with Crippen molar-refractivity contribution in [3.63, 3.8) is 0 Å². The number of nitrogens with one attached hydrogen (secondary N) is 1. The lowest BCUT2D eigenvalue weighted by Gasteiger charge is -2.10. The summed E-state index contributed by atoms with van der Waals surface area (Å²) >= 11 is 0. The van der Waals surface area contributed by atoms with Gasteiger partial charge < -0.3 is 9.73 Å². The summed E-state index contributed by atoms with van der Waals surface area (Å²) in [6.07, 6.45) is 0. The zero-order valence-electron chi connectivity index (χ0n) is 12.6. The molecule has 4 nitrogen and oxygen atoms in total. The van der Waals surface area contributed by atoms with Crippen LogP contribution in [0.25, 0.3) is 11.3 Å². The lowest BCUT2D eigenvalue weighted by molar-refractivity contribution is 0.102. The maximum Gasteiger partial charge on any atom is 0.263 e. The van der Waals surface area contributed by atoms with Gasteiger partial charge in [-0.25, -0.2) is 0 Å². The zero-order chi connectivity index (χ0) is 16.2. The largest absolute Gasteiger partial charge is 0.460 e. The average molecular weight is 305 g/mol. The molecule has 0 bridgehead atoms. The molecule has 0 spiro atoms. The fraction of sp³-hybridized carbons (Fsp3) is 0.0526. The van der Waals surface area contributed by atoms with E-state index >= 15 is 0 Å². The van der Waals surface area contributed by atoms with Gasteiger partial charge in [0.05, 0.1) is 0 Å². The topological polar surface area (TPSA) is 59.3 Å². The third-order valence-electron chi connectivity index (χ3n) is 3.37. The standard InChI is InChI=1S/C19H15NO3/c1-13-12-16(21)17(18(23-13)14-8-4-2-5-9-14)19(22)20-15-10-6-3-7-11-15/h2-12H,1H3,(H,20,22). The second kappa shape index (κ2) is 6.32. The molecule has 0 saturated heterocycles. The summed E-state index contributed by atoms with van der Waals surface area (Å²) in [5.74, 6) is 0.262. The van der Waals surface area contributed by atoms with Crippen molar-refractivity contribution < 1.29 is 9.21 Å². The highest BCUT2D eigenvalue weighted by Gasteiger charge is 2.20. The number of aryl methyl sites for hydroxylation is 1. The van der Waals surface area contributed by atoms with E-state index in [1.165, 1.54) is 6.07 Å². The van der Waals surface area contributed by atoms with Crippen LogP contribution in [0.1, 0.15) is 16.1 Å². The Bertz CT molecular complexity index is 883. The first kappa shape index (κ1) is 14.8. The Morgan fingerprint density at radius 1 is 0.957 bits per heavy atom. The Morgan fingerprint density at radius 2 is 1.57 bits per heavy atom.